The number of halogens is 1. The third-order valence-electron chi connectivity index (χ3n) is 3.98. The zero-order valence-electron chi connectivity index (χ0n) is 12.5. The standard InChI is InChI=1S/C16H18ClN3O2/c1-11-18-16(22-19-11)13-4-7-15(21)20(10-13)9-8-12-2-5-14(17)6-3-12/h2-3,5-6,13H,4,7-10H2,1H3/t13-/m1/s1. The topological polar surface area (TPSA) is 59.2 Å². The molecule has 1 saturated heterocycles. The summed E-state index contributed by atoms with van der Waals surface area (Å²) in [6, 6.07) is 7.74. The molecule has 2 heterocycles. The van der Waals surface area contributed by atoms with Gasteiger partial charge in [-0.15, -0.1) is 0 Å². The molecule has 1 atom stereocenters. The highest BCUT2D eigenvalue weighted by atomic mass is 35.5. The zero-order valence-corrected chi connectivity index (χ0v) is 13.2. The Kier molecular flexibility index (Phi) is 4.43. The maximum atomic E-state index is 12.1. The summed E-state index contributed by atoms with van der Waals surface area (Å²) in [6.45, 7) is 3.15. The molecule has 22 heavy (non-hydrogen) atoms. The van der Waals surface area contributed by atoms with Crippen LogP contribution in [0.15, 0.2) is 28.8 Å². The van der Waals surface area contributed by atoms with E-state index in [0.717, 1.165) is 17.9 Å². The first-order valence-corrected chi connectivity index (χ1v) is 7.82. The van der Waals surface area contributed by atoms with Gasteiger partial charge in [-0.25, -0.2) is 0 Å². The molecule has 1 aromatic heterocycles. The SMILES string of the molecule is Cc1noc([C@@H]2CCC(=O)N(CCc3ccc(Cl)cc3)C2)n1. The van der Waals surface area contributed by atoms with E-state index in [1.807, 2.05) is 29.2 Å². The second-order valence-corrected chi connectivity index (χ2v) is 6.07. The minimum atomic E-state index is 0.143. The number of hydrogen-bond acceptors (Lipinski definition) is 4. The Morgan fingerprint density at radius 1 is 1.36 bits per heavy atom. The molecule has 116 valence electrons. The van der Waals surface area contributed by atoms with Crippen molar-refractivity contribution in [3.63, 3.8) is 0 Å². The third-order valence-corrected chi connectivity index (χ3v) is 4.23. The highest BCUT2D eigenvalue weighted by molar-refractivity contribution is 6.30. The van der Waals surface area contributed by atoms with Crippen LogP contribution in [0, 0.1) is 6.92 Å². The van der Waals surface area contributed by atoms with Crippen LogP contribution in [-0.2, 0) is 11.2 Å². The van der Waals surface area contributed by atoms with Gasteiger partial charge in [0.2, 0.25) is 11.8 Å². The number of rotatable bonds is 4. The minimum absolute atomic E-state index is 0.143. The van der Waals surface area contributed by atoms with E-state index < -0.39 is 0 Å². The first-order chi connectivity index (χ1) is 10.6. The number of likely N-dealkylation sites (tertiary alicyclic amines) is 1. The number of carbonyl (C=O) groups is 1. The normalized spacial score (nSPS) is 18.7. The van der Waals surface area contributed by atoms with Crippen LogP contribution in [0.3, 0.4) is 0 Å². The Labute approximate surface area is 134 Å². The summed E-state index contributed by atoms with van der Waals surface area (Å²) >= 11 is 5.88. The molecule has 1 amide bonds. The molecular weight excluding hydrogens is 302 g/mol. The summed E-state index contributed by atoms with van der Waals surface area (Å²) in [5, 5.41) is 4.56. The number of nitrogens with zero attached hydrogens (tertiary/aromatic N) is 3. The molecule has 6 heteroatoms. The Morgan fingerprint density at radius 3 is 2.82 bits per heavy atom. The molecule has 1 fully saturated rings. The molecule has 0 N–H and O–H groups in total. The predicted molar refractivity (Wildman–Crippen MR) is 82.7 cm³/mol. The first kappa shape index (κ1) is 15.0. The fourth-order valence-electron chi connectivity index (χ4n) is 2.73. The van der Waals surface area contributed by atoms with Crippen molar-refractivity contribution in [3.05, 3.63) is 46.6 Å². The highest BCUT2D eigenvalue weighted by Gasteiger charge is 2.29. The van der Waals surface area contributed by atoms with Gasteiger partial charge < -0.3 is 9.42 Å². The van der Waals surface area contributed by atoms with Crippen molar-refractivity contribution in [3.8, 4) is 0 Å². The second-order valence-electron chi connectivity index (χ2n) is 5.63. The number of aromatic nitrogens is 2. The highest BCUT2D eigenvalue weighted by Crippen LogP contribution is 2.26. The Balaban J connectivity index is 1.61. The van der Waals surface area contributed by atoms with Crippen LogP contribution in [-0.4, -0.2) is 34.0 Å². The molecule has 0 aliphatic carbocycles. The van der Waals surface area contributed by atoms with Gasteiger partial charge in [0.15, 0.2) is 5.82 Å². The van der Waals surface area contributed by atoms with E-state index in [2.05, 4.69) is 10.1 Å². The van der Waals surface area contributed by atoms with Crippen molar-refractivity contribution in [2.24, 2.45) is 0 Å². The maximum absolute atomic E-state index is 12.1. The lowest BCUT2D eigenvalue weighted by Gasteiger charge is -2.31. The largest absolute Gasteiger partial charge is 0.342 e. The molecule has 3 rings (SSSR count). The Morgan fingerprint density at radius 2 is 2.14 bits per heavy atom. The molecule has 1 aromatic carbocycles. The quantitative estimate of drug-likeness (QED) is 0.869. The number of benzene rings is 1. The van der Waals surface area contributed by atoms with Crippen LogP contribution in [0.5, 0.6) is 0 Å². The summed E-state index contributed by atoms with van der Waals surface area (Å²) in [7, 11) is 0. The Bertz CT molecular complexity index is 654. The smallest absolute Gasteiger partial charge is 0.231 e. The summed E-state index contributed by atoms with van der Waals surface area (Å²) < 4.78 is 5.25. The maximum Gasteiger partial charge on any atom is 0.231 e. The van der Waals surface area contributed by atoms with Crippen molar-refractivity contribution < 1.29 is 9.32 Å². The van der Waals surface area contributed by atoms with Crippen LogP contribution in [0.4, 0.5) is 0 Å². The van der Waals surface area contributed by atoms with E-state index in [1.165, 1.54) is 5.56 Å². The lowest BCUT2D eigenvalue weighted by atomic mass is 9.97. The monoisotopic (exact) mass is 319 g/mol. The van der Waals surface area contributed by atoms with Crippen LogP contribution >= 0.6 is 11.6 Å². The molecule has 0 bridgehead atoms. The third kappa shape index (κ3) is 3.47. The summed E-state index contributed by atoms with van der Waals surface area (Å²) in [5.74, 6) is 1.62. The predicted octanol–water partition coefficient (Wildman–Crippen LogP) is 2.98. The molecular formula is C16H18ClN3O2. The molecule has 1 aliphatic heterocycles. The molecule has 0 spiro atoms. The van der Waals surface area contributed by atoms with Gasteiger partial charge in [-0.3, -0.25) is 4.79 Å². The van der Waals surface area contributed by atoms with Crippen molar-refractivity contribution in [1.29, 1.82) is 0 Å². The van der Waals surface area contributed by atoms with Crippen LogP contribution in [0.25, 0.3) is 0 Å². The van der Waals surface area contributed by atoms with Gasteiger partial charge in [0.1, 0.15) is 0 Å². The average Bonchev–Trinajstić information content (AvgIpc) is 2.95. The van der Waals surface area contributed by atoms with Crippen LogP contribution in [0.1, 0.15) is 36.0 Å². The van der Waals surface area contributed by atoms with Gasteiger partial charge >= 0.3 is 0 Å². The number of aryl methyl sites for hydroxylation is 1. The molecule has 0 unspecified atom stereocenters. The lowest BCUT2D eigenvalue weighted by Crippen LogP contribution is -2.40. The van der Waals surface area contributed by atoms with Crippen molar-refractivity contribution in [2.75, 3.05) is 13.1 Å². The van der Waals surface area contributed by atoms with E-state index >= 15 is 0 Å². The summed E-state index contributed by atoms with van der Waals surface area (Å²) in [5.41, 5.74) is 1.17. The zero-order chi connectivity index (χ0) is 15.5. The molecule has 1 aliphatic rings. The van der Waals surface area contributed by atoms with Crippen molar-refractivity contribution in [2.45, 2.75) is 32.1 Å². The fourth-order valence-corrected chi connectivity index (χ4v) is 2.85. The van der Waals surface area contributed by atoms with Gasteiger partial charge in [0.25, 0.3) is 0 Å². The number of amides is 1. The van der Waals surface area contributed by atoms with Gasteiger partial charge in [0, 0.05) is 24.5 Å². The van der Waals surface area contributed by atoms with Gasteiger partial charge in [-0.05, 0) is 37.5 Å². The van der Waals surface area contributed by atoms with E-state index in [0.29, 0.717) is 31.2 Å². The Hall–Kier alpha value is -1.88. The summed E-state index contributed by atoms with van der Waals surface area (Å²) in [6.07, 6.45) is 2.13. The van der Waals surface area contributed by atoms with E-state index in [4.69, 9.17) is 16.1 Å². The summed E-state index contributed by atoms with van der Waals surface area (Å²) in [4.78, 5) is 18.3. The molecule has 0 saturated carbocycles. The number of piperidine rings is 1. The van der Waals surface area contributed by atoms with Crippen LogP contribution < -0.4 is 0 Å². The van der Waals surface area contributed by atoms with Gasteiger partial charge in [-0.1, -0.05) is 28.9 Å². The van der Waals surface area contributed by atoms with Crippen molar-refractivity contribution in [1.82, 2.24) is 15.0 Å². The average molecular weight is 320 g/mol. The van der Waals surface area contributed by atoms with E-state index in [-0.39, 0.29) is 11.8 Å². The first-order valence-electron chi connectivity index (χ1n) is 7.44. The van der Waals surface area contributed by atoms with Gasteiger partial charge in [-0.2, -0.15) is 4.98 Å². The molecule has 2 aromatic rings. The molecule has 5 nitrogen and oxygen atoms in total. The van der Waals surface area contributed by atoms with Gasteiger partial charge in [0.05, 0.1) is 5.92 Å². The minimum Gasteiger partial charge on any atom is -0.342 e. The molecule has 0 radical (unpaired) electrons. The van der Waals surface area contributed by atoms with E-state index in [9.17, 15) is 4.79 Å². The number of hydrogen-bond donors (Lipinski definition) is 0. The lowest BCUT2D eigenvalue weighted by molar-refractivity contribution is -0.133. The second kappa shape index (κ2) is 6.48. The van der Waals surface area contributed by atoms with Crippen LogP contribution in [0.2, 0.25) is 5.02 Å². The fraction of sp³-hybridized carbons (Fsp3) is 0.438. The van der Waals surface area contributed by atoms with E-state index in [1.54, 1.807) is 6.92 Å². The van der Waals surface area contributed by atoms with Crippen molar-refractivity contribution >= 4 is 17.5 Å². The number of carbonyl (C=O) groups excluding carboxylic acids is 1.